The molecule has 0 saturated heterocycles. The van der Waals surface area contributed by atoms with E-state index in [0.717, 1.165) is 22.3 Å². The zero-order valence-electron chi connectivity index (χ0n) is 9.17. The van der Waals surface area contributed by atoms with E-state index >= 15 is 0 Å². The highest BCUT2D eigenvalue weighted by Gasteiger charge is 2.06. The van der Waals surface area contributed by atoms with Crippen molar-refractivity contribution in [3.05, 3.63) is 54.7 Å². The quantitative estimate of drug-likeness (QED) is 0.687. The second-order valence-electron chi connectivity index (χ2n) is 3.84. The van der Waals surface area contributed by atoms with Gasteiger partial charge in [0.25, 0.3) is 0 Å². The Kier molecular flexibility index (Phi) is 2.22. The van der Waals surface area contributed by atoms with Gasteiger partial charge in [0.2, 0.25) is 0 Å². The van der Waals surface area contributed by atoms with Gasteiger partial charge in [-0.2, -0.15) is 0 Å². The number of fused-ring (bicyclic) bond motifs is 1. The molecule has 0 aliphatic rings. The van der Waals surface area contributed by atoms with Gasteiger partial charge in [0.15, 0.2) is 5.65 Å². The van der Waals surface area contributed by atoms with Crippen LogP contribution in [0.1, 0.15) is 0 Å². The Balaban J connectivity index is 2.27. The summed E-state index contributed by atoms with van der Waals surface area (Å²) in [5.41, 5.74) is 9.23. The first kappa shape index (κ1) is 9.78. The van der Waals surface area contributed by atoms with Crippen molar-refractivity contribution in [2.75, 3.05) is 5.73 Å². The number of rotatable bonds is 1. The molecule has 0 fully saturated rings. The van der Waals surface area contributed by atoms with E-state index in [4.69, 9.17) is 5.73 Å². The van der Waals surface area contributed by atoms with Gasteiger partial charge in [-0.25, -0.2) is 9.97 Å². The average molecular weight is 221 g/mol. The normalized spacial score (nSPS) is 10.6. The van der Waals surface area contributed by atoms with Crippen molar-refractivity contribution < 1.29 is 0 Å². The Bertz CT molecular complexity index is 663. The summed E-state index contributed by atoms with van der Waals surface area (Å²) in [5, 5.41) is 0.963. The number of nitrogens with zero attached hydrogens (tertiary/aromatic N) is 2. The molecule has 3 nitrogen and oxygen atoms in total. The van der Waals surface area contributed by atoms with Crippen molar-refractivity contribution in [2.45, 2.75) is 0 Å². The van der Waals surface area contributed by atoms with Crippen LogP contribution >= 0.6 is 0 Å². The molecular weight excluding hydrogens is 210 g/mol. The first-order chi connectivity index (χ1) is 8.34. The highest BCUT2D eigenvalue weighted by atomic mass is 14.9. The van der Waals surface area contributed by atoms with Crippen LogP contribution in [0.5, 0.6) is 0 Å². The van der Waals surface area contributed by atoms with Gasteiger partial charge in [0, 0.05) is 17.1 Å². The maximum atomic E-state index is 6.03. The number of hydrogen-bond acceptors (Lipinski definition) is 3. The van der Waals surface area contributed by atoms with Crippen molar-refractivity contribution in [2.24, 2.45) is 0 Å². The van der Waals surface area contributed by atoms with Gasteiger partial charge in [-0.1, -0.05) is 30.3 Å². The minimum absolute atomic E-state index is 0.678. The van der Waals surface area contributed by atoms with Crippen LogP contribution in [-0.4, -0.2) is 9.97 Å². The molecule has 0 saturated carbocycles. The molecule has 3 rings (SSSR count). The first-order valence-electron chi connectivity index (χ1n) is 5.41. The van der Waals surface area contributed by atoms with E-state index in [-0.39, 0.29) is 0 Å². The fourth-order valence-corrected chi connectivity index (χ4v) is 1.85. The zero-order chi connectivity index (χ0) is 11.7. The standard InChI is InChI=1S/C14H11N3/c15-12-9-11-7-4-8-16-14(11)17-13(12)10-5-2-1-3-6-10/h1-9H,15H2. The molecule has 82 valence electrons. The van der Waals surface area contributed by atoms with Crippen molar-refractivity contribution in [1.29, 1.82) is 0 Å². The van der Waals surface area contributed by atoms with Crippen LogP contribution in [-0.2, 0) is 0 Å². The molecule has 0 radical (unpaired) electrons. The summed E-state index contributed by atoms with van der Waals surface area (Å²) < 4.78 is 0. The van der Waals surface area contributed by atoms with Crippen LogP contribution in [0.3, 0.4) is 0 Å². The maximum Gasteiger partial charge on any atom is 0.159 e. The van der Waals surface area contributed by atoms with Gasteiger partial charge in [-0.15, -0.1) is 0 Å². The summed E-state index contributed by atoms with van der Waals surface area (Å²) in [6.07, 6.45) is 1.74. The Labute approximate surface area is 98.9 Å². The molecule has 0 unspecified atom stereocenters. The molecule has 1 aromatic carbocycles. The molecule has 3 heteroatoms. The lowest BCUT2D eigenvalue weighted by molar-refractivity contribution is 1.29. The fourth-order valence-electron chi connectivity index (χ4n) is 1.85. The van der Waals surface area contributed by atoms with Crippen molar-refractivity contribution >= 4 is 16.7 Å². The van der Waals surface area contributed by atoms with Crippen LogP contribution in [0.4, 0.5) is 5.69 Å². The van der Waals surface area contributed by atoms with E-state index in [1.807, 2.05) is 48.5 Å². The largest absolute Gasteiger partial charge is 0.397 e. The molecule has 0 spiro atoms. The molecule has 3 aromatic rings. The lowest BCUT2D eigenvalue weighted by Gasteiger charge is -2.06. The molecule has 17 heavy (non-hydrogen) atoms. The number of hydrogen-bond donors (Lipinski definition) is 1. The third-order valence-corrected chi connectivity index (χ3v) is 2.67. The number of nitrogen functional groups attached to an aromatic ring is 1. The molecule has 0 atom stereocenters. The monoisotopic (exact) mass is 221 g/mol. The van der Waals surface area contributed by atoms with Crippen molar-refractivity contribution in [3.63, 3.8) is 0 Å². The summed E-state index contributed by atoms with van der Waals surface area (Å²) in [6.45, 7) is 0. The molecule has 0 amide bonds. The van der Waals surface area contributed by atoms with Crippen LogP contribution < -0.4 is 5.73 Å². The fraction of sp³-hybridized carbons (Fsp3) is 0. The third kappa shape index (κ3) is 1.72. The van der Waals surface area contributed by atoms with Gasteiger partial charge in [-0.05, 0) is 18.2 Å². The van der Waals surface area contributed by atoms with Gasteiger partial charge in [0.1, 0.15) is 0 Å². The van der Waals surface area contributed by atoms with Gasteiger partial charge in [0.05, 0.1) is 11.4 Å². The van der Waals surface area contributed by atoms with E-state index in [1.54, 1.807) is 6.20 Å². The number of nitrogens with two attached hydrogens (primary N) is 1. The summed E-state index contributed by atoms with van der Waals surface area (Å²) in [5.74, 6) is 0. The molecule has 2 N–H and O–H groups in total. The molecule has 2 heterocycles. The van der Waals surface area contributed by atoms with Gasteiger partial charge in [-0.3, -0.25) is 0 Å². The summed E-state index contributed by atoms with van der Waals surface area (Å²) in [7, 11) is 0. The second-order valence-corrected chi connectivity index (χ2v) is 3.84. The molecule has 2 aromatic heterocycles. The van der Waals surface area contributed by atoms with E-state index in [2.05, 4.69) is 9.97 Å². The molecule has 0 bridgehead atoms. The van der Waals surface area contributed by atoms with E-state index in [1.165, 1.54) is 0 Å². The number of pyridine rings is 2. The maximum absolute atomic E-state index is 6.03. The van der Waals surface area contributed by atoms with Crippen molar-refractivity contribution in [1.82, 2.24) is 9.97 Å². The third-order valence-electron chi connectivity index (χ3n) is 2.67. The second kappa shape index (κ2) is 3.87. The molecule has 0 aliphatic heterocycles. The summed E-state index contributed by atoms with van der Waals surface area (Å²) >= 11 is 0. The Morgan fingerprint density at radius 2 is 1.76 bits per heavy atom. The van der Waals surface area contributed by atoms with Crippen LogP contribution in [0.25, 0.3) is 22.3 Å². The predicted octanol–water partition coefficient (Wildman–Crippen LogP) is 2.88. The average Bonchev–Trinajstić information content (AvgIpc) is 2.39. The topological polar surface area (TPSA) is 51.8 Å². The van der Waals surface area contributed by atoms with E-state index in [0.29, 0.717) is 5.69 Å². The Morgan fingerprint density at radius 1 is 0.941 bits per heavy atom. The Morgan fingerprint density at radius 3 is 2.59 bits per heavy atom. The summed E-state index contributed by atoms with van der Waals surface area (Å²) in [4.78, 5) is 8.75. The first-order valence-corrected chi connectivity index (χ1v) is 5.41. The highest BCUT2D eigenvalue weighted by Crippen LogP contribution is 2.26. The van der Waals surface area contributed by atoms with Crippen LogP contribution in [0.15, 0.2) is 54.7 Å². The lowest BCUT2D eigenvalue weighted by Crippen LogP contribution is -1.95. The number of benzene rings is 1. The van der Waals surface area contributed by atoms with Gasteiger partial charge < -0.3 is 5.73 Å². The smallest absolute Gasteiger partial charge is 0.159 e. The van der Waals surface area contributed by atoms with Crippen LogP contribution in [0, 0.1) is 0 Å². The minimum Gasteiger partial charge on any atom is -0.397 e. The van der Waals surface area contributed by atoms with Crippen molar-refractivity contribution in [3.8, 4) is 11.3 Å². The number of anilines is 1. The van der Waals surface area contributed by atoms with Crippen LogP contribution in [0.2, 0.25) is 0 Å². The lowest BCUT2D eigenvalue weighted by atomic mass is 10.1. The molecular formula is C14H11N3. The summed E-state index contributed by atoms with van der Waals surface area (Å²) in [6, 6.07) is 15.7. The minimum atomic E-state index is 0.678. The van der Waals surface area contributed by atoms with E-state index in [9.17, 15) is 0 Å². The number of aromatic nitrogens is 2. The van der Waals surface area contributed by atoms with Gasteiger partial charge >= 0.3 is 0 Å². The zero-order valence-corrected chi connectivity index (χ0v) is 9.17. The molecule has 0 aliphatic carbocycles. The SMILES string of the molecule is Nc1cc2cccnc2nc1-c1ccccc1. The Hall–Kier alpha value is -2.42. The highest BCUT2D eigenvalue weighted by molar-refractivity contribution is 5.85. The van der Waals surface area contributed by atoms with E-state index < -0.39 is 0 Å². The predicted molar refractivity (Wildman–Crippen MR) is 69.4 cm³/mol.